The van der Waals surface area contributed by atoms with Crippen molar-refractivity contribution in [2.45, 2.75) is 25.7 Å². The predicted molar refractivity (Wildman–Crippen MR) is 39.5 cm³/mol. The highest BCUT2D eigenvalue weighted by molar-refractivity contribution is 5.48. The molecule has 0 aromatic rings. The fourth-order valence-corrected chi connectivity index (χ4v) is 3.66. The van der Waals surface area contributed by atoms with Gasteiger partial charge in [-0.15, -0.1) is 0 Å². The number of hydrogen-bond acceptors (Lipinski definition) is 0. The molecule has 3 unspecified atom stereocenters. The highest BCUT2D eigenvalue weighted by Gasteiger charge is 2.70. The SMILES string of the molecule is C1=C2C(C1)C21CC2CC2C1. The van der Waals surface area contributed by atoms with Crippen LogP contribution in [0.4, 0.5) is 0 Å². The first-order chi connectivity index (χ1) is 4.90. The summed E-state index contributed by atoms with van der Waals surface area (Å²) < 4.78 is 0. The van der Waals surface area contributed by atoms with Gasteiger partial charge < -0.3 is 0 Å². The van der Waals surface area contributed by atoms with Gasteiger partial charge in [-0.25, -0.2) is 0 Å². The first-order valence-electron chi connectivity index (χ1n) is 4.61. The molecule has 3 atom stereocenters. The van der Waals surface area contributed by atoms with Crippen LogP contribution in [0, 0.1) is 23.2 Å². The maximum Gasteiger partial charge on any atom is -0.00109 e. The molecule has 0 saturated heterocycles. The lowest BCUT2D eigenvalue weighted by Gasteiger charge is -2.06. The van der Waals surface area contributed by atoms with Crippen LogP contribution in [0.3, 0.4) is 0 Å². The van der Waals surface area contributed by atoms with E-state index in [1.54, 1.807) is 19.3 Å². The minimum Gasteiger partial charge on any atom is -0.0838 e. The molecular weight excluding hydrogens is 120 g/mol. The van der Waals surface area contributed by atoms with Crippen LogP contribution in [0.15, 0.2) is 11.6 Å². The third-order valence-corrected chi connectivity index (χ3v) is 4.43. The van der Waals surface area contributed by atoms with Crippen LogP contribution in [0.2, 0.25) is 0 Å². The lowest BCUT2D eigenvalue weighted by atomic mass is 9.98. The Labute approximate surface area is 61.3 Å². The van der Waals surface area contributed by atoms with Crippen LogP contribution in [0.25, 0.3) is 0 Å². The van der Waals surface area contributed by atoms with E-state index in [4.69, 9.17) is 0 Å². The minimum atomic E-state index is 0.855. The van der Waals surface area contributed by atoms with Gasteiger partial charge in [0.25, 0.3) is 0 Å². The Morgan fingerprint density at radius 3 is 2.50 bits per heavy atom. The van der Waals surface area contributed by atoms with Gasteiger partial charge in [0.2, 0.25) is 0 Å². The Kier molecular flexibility index (Phi) is 0.464. The molecule has 0 heterocycles. The molecule has 4 aliphatic carbocycles. The minimum absolute atomic E-state index is 0.855. The van der Waals surface area contributed by atoms with E-state index >= 15 is 0 Å². The number of rotatable bonds is 0. The highest BCUT2D eigenvalue weighted by Crippen LogP contribution is 2.79. The van der Waals surface area contributed by atoms with E-state index in [2.05, 4.69) is 6.08 Å². The average Bonchev–Trinajstić information content (AvgIpc) is 2.49. The summed E-state index contributed by atoms with van der Waals surface area (Å²) in [7, 11) is 0. The maximum absolute atomic E-state index is 2.50. The quantitative estimate of drug-likeness (QED) is 0.444. The van der Waals surface area contributed by atoms with Gasteiger partial charge in [0.1, 0.15) is 0 Å². The molecule has 1 spiro atoms. The predicted octanol–water partition coefficient (Wildman–Crippen LogP) is 2.36. The fraction of sp³-hybridized carbons (Fsp3) is 0.800. The third kappa shape index (κ3) is 0.291. The van der Waals surface area contributed by atoms with Crippen molar-refractivity contribution in [1.82, 2.24) is 0 Å². The molecule has 3 fully saturated rings. The van der Waals surface area contributed by atoms with E-state index in [9.17, 15) is 0 Å². The molecule has 0 aliphatic heterocycles. The fourth-order valence-electron chi connectivity index (χ4n) is 3.66. The first kappa shape index (κ1) is 4.58. The molecule has 3 saturated carbocycles. The van der Waals surface area contributed by atoms with E-state index in [1.807, 2.05) is 5.57 Å². The molecule has 0 nitrogen and oxygen atoms in total. The summed E-state index contributed by atoms with van der Waals surface area (Å²) in [5, 5.41) is 0. The third-order valence-electron chi connectivity index (χ3n) is 4.43. The van der Waals surface area contributed by atoms with Gasteiger partial charge in [-0.3, -0.25) is 0 Å². The molecule has 4 aliphatic rings. The standard InChI is InChI=1S/C10H12/c1-2-9-8(1)10(9)4-6-3-7(6)5-10/h1,6-7,9H,2-5H2. The van der Waals surface area contributed by atoms with Crippen LogP contribution < -0.4 is 0 Å². The topological polar surface area (TPSA) is 0 Å². The monoisotopic (exact) mass is 132 g/mol. The Balaban J connectivity index is 1.78. The van der Waals surface area contributed by atoms with Crippen molar-refractivity contribution in [3.8, 4) is 0 Å². The van der Waals surface area contributed by atoms with Crippen LogP contribution in [-0.2, 0) is 0 Å². The van der Waals surface area contributed by atoms with Gasteiger partial charge in [-0.1, -0.05) is 11.6 Å². The van der Waals surface area contributed by atoms with Crippen molar-refractivity contribution >= 4 is 0 Å². The summed E-state index contributed by atoms with van der Waals surface area (Å²) in [6, 6.07) is 0. The molecule has 0 aromatic heterocycles. The van der Waals surface area contributed by atoms with Crippen molar-refractivity contribution < 1.29 is 0 Å². The van der Waals surface area contributed by atoms with E-state index in [0.717, 1.165) is 11.3 Å². The second-order valence-corrected chi connectivity index (χ2v) is 4.77. The molecule has 0 heteroatoms. The normalized spacial score (nSPS) is 66.4. The van der Waals surface area contributed by atoms with Crippen molar-refractivity contribution in [3.63, 3.8) is 0 Å². The van der Waals surface area contributed by atoms with E-state index < -0.39 is 0 Å². The van der Waals surface area contributed by atoms with Crippen molar-refractivity contribution in [2.75, 3.05) is 0 Å². The summed E-state index contributed by atoms with van der Waals surface area (Å²) in [6.07, 6.45) is 8.70. The first-order valence-corrected chi connectivity index (χ1v) is 4.61. The molecule has 52 valence electrons. The molecule has 10 heavy (non-hydrogen) atoms. The van der Waals surface area contributed by atoms with Crippen molar-refractivity contribution in [2.24, 2.45) is 23.2 Å². The van der Waals surface area contributed by atoms with Gasteiger partial charge in [0, 0.05) is 0 Å². The van der Waals surface area contributed by atoms with Gasteiger partial charge in [0.15, 0.2) is 0 Å². The molecule has 0 bridgehead atoms. The van der Waals surface area contributed by atoms with Gasteiger partial charge in [0.05, 0.1) is 0 Å². The van der Waals surface area contributed by atoms with Crippen LogP contribution >= 0.6 is 0 Å². The van der Waals surface area contributed by atoms with Gasteiger partial charge in [-0.2, -0.15) is 0 Å². The number of fused-ring (bicyclic) bond motifs is 4. The molecule has 4 rings (SSSR count). The molecule has 0 N–H and O–H groups in total. The summed E-state index contributed by atoms with van der Waals surface area (Å²) in [4.78, 5) is 0. The lowest BCUT2D eigenvalue weighted by Crippen LogP contribution is -1.98. The zero-order chi connectivity index (χ0) is 6.34. The lowest BCUT2D eigenvalue weighted by molar-refractivity contribution is 0.438. The Morgan fingerprint density at radius 1 is 1.30 bits per heavy atom. The molecular formula is C10H12. The van der Waals surface area contributed by atoms with Crippen molar-refractivity contribution in [1.29, 1.82) is 0 Å². The van der Waals surface area contributed by atoms with E-state index in [-0.39, 0.29) is 0 Å². The average molecular weight is 132 g/mol. The van der Waals surface area contributed by atoms with Crippen LogP contribution in [0.1, 0.15) is 25.7 Å². The Bertz CT molecular complexity index is 239. The molecule has 0 aromatic carbocycles. The largest absolute Gasteiger partial charge is 0.0838 e. The number of allylic oxidation sites excluding steroid dienone is 2. The summed E-state index contributed by atoms with van der Waals surface area (Å²) in [5.41, 5.74) is 2.73. The zero-order valence-corrected chi connectivity index (χ0v) is 6.14. The van der Waals surface area contributed by atoms with Gasteiger partial charge in [-0.05, 0) is 48.9 Å². The molecule has 0 radical (unpaired) electrons. The second kappa shape index (κ2) is 1.01. The van der Waals surface area contributed by atoms with Crippen LogP contribution in [0.5, 0.6) is 0 Å². The highest BCUT2D eigenvalue weighted by atomic mass is 14.7. The van der Waals surface area contributed by atoms with Gasteiger partial charge >= 0.3 is 0 Å². The Morgan fingerprint density at radius 2 is 2.00 bits per heavy atom. The summed E-state index contributed by atoms with van der Waals surface area (Å²) in [6.45, 7) is 0. The second-order valence-electron chi connectivity index (χ2n) is 4.77. The van der Waals surface area contributed by atoms with E-state index in [1.165, 1.54) is 18.3 Å². The summed E-state index contributed by atoms with van der Waals surface area (Å²) >= 11 is 0. The van der Waals surface area contributed by atoms with Crippen molar-refractivity contribution in [3.05, 3.63) is 11.6 Å². The maximum atomic E-state index is 2.50. The Hall–Kier alpha value is -0.260. The van der Waals surface area contributed by atoms with E-state index in [0.29, 0.717) is 0 Å². The number of hydrogen-bond donors (Lipinski definition) is 0. The molecule has 0 amide bonds. The van der Waals surface area contributed by atoms with Crippen LogP contribution in [-0.4, -0.2) is 0 Å². The zero-order valence-electron chi connectivity index (χ0n) is 6.14. The summed E-state index contributed by atoms with van der Waals surface area (Å²) in [5.74, 6) is 3.48. The smallest absolute Gasteiger partial charge is 0.00109 e.